The average Bonchev–Trinajstić information content (AvgIpc) is 2.17. The highest BCUT2D eigenvalue weighted by Crippen LogP contribution is 2.07. The van der Waals surface area contributed by atoms with Gasteiger partial charge in [-0.05, 0) is 6.07 Å². The van der Waals surface area contributed by atoms with Gasteiger partial charge in [0.1, 0.15) is 0 Å². The summed E-state index contributed by atoms with van der Waals surface area (Å²) in [7, 11) is 2.90. The first-order valence-electron chi connectivity index (χ1n) is 3.66. The Labute approximate surface area is 76.1 Å². The van der Waals surface area contributed by atoms with E-state index in [2.05, 4.69) is 4.98 Å². The van der Waals surface area contributed by atoms with Crippen LogP contribution in [0.15, 0.2) is 18.3 Å². The lowest BCUT2D eigenvalue weighted by molar-refractivity contribution is 0.0133. The van der Waals surface area contributed by atoms with E-state index in [1.807, 2.05) is 0 Å². The van der Waals surface area contributed by atoms with E-state index >= 15 is 0 Å². The van der Waals surface area contributed by atoms with E-state index in [-0.39, 0.29) is 5.84 Å². The number of rotatable bonds is 2. The van der Waals surface area contributed by atoms with Crippen LogP contribution in [-0.4, -0.2) is 35.2 Å². The number of pyridine rings is 1. The van der Waals surface area contributed by atoms with Gasteiger partial charge in [0, 0.05) is 24.9 Å². The summed E-state index contributed by atoms with van der Waals surface area (Å²) in [6, 6.07) is 3.29. The van der Waals surface area contributed by atoms with Crippen LogP contribution in [0.1, 0.15) is 5.56 Å². The summed E-state index contributed by atoms with van der Waals surface area (Å²) in [4.78, 5) is 3.90. The molecule has 70 valence electrons. The van der Waals surface area contributed by atoms with Crippen LogP contribution >= 0.6 is 0 Å². The first-order chi connectivity index (χ1) is 6.15. The fraction of sp³-hybridized carbons (Fsp3) is 0.250. The zero-order chi connectivity index (χ0) is 9.84. The molecule has 0 spiro atoms. The molecule has 1 heterocycles. The average molecular weight is 181 g/mol. The Kier molecular flexibility index (Phi) is 2.81. The summed E-state index contributed by atoms with van der Waals surface area (Å²) >= 11 is 0. The highest BCUT2D eigenvalue weighted by atomic mass is 16.5. The van der Waals surface area contributed by atoms with E-state index in [9.17, 15) is 0 Å². The van der Waals surface area contributed by atoms with Gasteiger partial charge >= 0.3 is 0 Å². The third-order valence-electron chi connectivity index (χ3n) is 1.54. The molecule has 2 N–H and O–H groups in total. The highest BCUT2D eigenvalue weighted by molar-refractivity contribution is 5.95. The molecule has 0 aromatic carbocycles. The molecule has 0 aliphatic rings. The van der Waals surface area contributed by atoms with Crippen molar-refractivity contribution in [1.82, 2.24) is 10.0 Å². The van der Waals surface area contributed by atoms with Crippen LogP contribution in [0.4, 0.5) is 0 Å². The van der Waals surface area contributed by atoms with Crippen molar-refractivity contribution in [1.29, 1.82) is 5.41 Å². The summed E-state index contributed by atoms with van der Waals surface area (Å²) in [6.07, 6.45) is 1.47. The molecule has 0 aliphatic heterocycles. The lowest BCUT2D eigenvalue weighted by Gasteiger charge is -2.10. The minimum absolute atomic E-state index is 0.00449. The number of amidine groups is 1. The first kappa shape index (κ1) is 9.47. The quantitative estimate of drug-likeness (QED) is 0.401. The number of hydroxylamine groups is 2. The summed E-state index contributed by atoms with van der Waals surface area (Å²) in [6.45, 7) is 0. The maximum atomic E-state index is 8.95. The fourth-order valence-corrected chi connectivity index (χ4v) is 0.828. The van der Waals surface area contributed by atoms with Crippen molar-refractivity contribution in [2.24, 2.45) is 0 Å². The van der Waals surface area contributed by atoms with Crippen LogP contribution in [0.2, 0.25) is 0 Å². The standard InChI is InChI=1S/C8H11N3O2/c1-11(12)8(9)6-3-4-7(13-2)10-5-6/h3-5,9,12H,1-2H3. The zero-order valence-corrected chi connectivity index (χ0v) is 7.48. The lowest BCUT2D eigenvalue weighted by Crippen LogP contribution is -2.22. The van der Waals surface area contributed by atoms with Crippen LogP contribution in [-0.2, 0) is 0 Å². The van der Waals surface area contributed by atoms with Gasteiger partial charge in [-0.25, -0.2) is 10.0 Å². The molecule has 5 nitrogen and oxygen atoms in total. The van der Waals surface area contributed by atoms with Gasteiger partial charge in [-0.2, -0.15) is 0 Å². The third-order valence-corrected chi connectivity index (χ3v) is 1.54. The molecule has 1 aromatic heterocycles. The molecular formula is C8H11N3O2. The predicted octanol–water partition coefficient (Wildman–Crippen LogP) is 0.737. The summed E-state index contributed by atoms with van der Waals surface area (Å²) in [5, 5.41) is 17.1. The van der Waals surface area contributed by atoms with Crippen LogP contribution in [0.25, 0.3) is 0 Å². The maximum absolute atomic E-state index is 8.95. The summed E-state index contributed by atoms with van der Waals surface area (Å²) in [5.41, 5.74) is 0.533. The Balaban J connectivity index is 2.86. The van der Waals surface area contributed by atoms with E-state index in [0.717, 1.165) is 5.06 Å². The normalized spacial score (nSPS) is 9.46. The summed E-state index contributed by atoms with van der Waals surface area (Å²) in [5.74, 6) is 0.479. The number of hydrogen-bond donors (Lipinski definition) is 2. The van der Waals surface area contributed by atoms with Crippen molar-refractivity contribution >= 4 is 5.84 Å². The van der Waals surface area contributed by atoms with E-state index in [1.165, 1.54) is 20.4 Å². The van der Waals surface area contributed by atoms with Crippen molar-refractivity contribution in [3.8, 4) is 5.88 Å². The molecule has 5 heteroatoms. The maximum Gasteiger partial charge on any atom is 0.212 e. The van der Waals surface area contributed by atoms with Crippen molar-refractivity contribution in [3.05, 3.63) is 23.9 Å². The van der Waals surface area contributed by atoms with Gasteiger partial charge in [0.15, 0.2) is 5.84 Å². The molecule has 1 aromatic rings. The van der Waals surface area contributed by atoms with E-state index in [4.69, 9.17) is 15.4 Å². The molecule has 13 heavy (non-hydrogen) atoms. The Morgan fingerprint density at radius 3 is 2.69 bits per heavy atom. The SMILES string of the molecule is COc1ccc(C(=N)N(C)O)cn1. The highest BCUT2D eigenvalue weighted by Gasteiger charge is 2.04. The zero-order valence-electron chi connectivity index (χ0n) is 7.48. The minimum atomic E-state index is -0.00449. The van der Waals surface area contributed by atoms with Gasteiger partial charge in [-0.1, -0.05) is 0 Å². The van der Waals surface area contributed by atoms with Gasteiger partial charge < -0.3 is 4.74 Å². The molecule has 0 unspecified atom stereocenters. The van der Waals surface area contributed by atoms with Crippen molar-refractivity contribution in [3.63, 3.8) is 0 Å². The smallest absolute Gasteiger partial charge is 0.212 e. The molecule has 0 bridgehead atoms. The van der Waals surface area contributed by atoms with Gasteiger partial charge in [0.25, 0.3) is 0 Å². The molecular weight excluding hydrogens is 170 g/mol. The van der Waals surface area contributed by atoms with Gasteiger partial charge in [-0.3, -0.25) is 10.6 Å². The second kappa shape index (κ2) is 3.86. The fourth-order valence-electron chi connectivity index (χ4n) is 0.828. The Hall–Kier alpha value is -1.62. The number of aromatic nitrogens is 1. The molecule has 0 amide bonds. The lowest BCUT2D eigenvalue weighted by atomic mass is 10.2. The molecule has 0 fully saturated rings. The molecule has 0 radical (unpaired) electrons. The van der Waals surface area contributed by atoms with Crippen LogP contribution in [0.5, 0.6) is 5.88 Å². The van der Waals surface area contributed by atoms with Crippen LogP contribution < -0.4 is 4.74 Å². The first-order valence-corrected chi connectivity index (χ1v) is 3.66. The topological polar surface area (TPSA) is 69.4 Å². The molecule has 1 rings (SSSR count). The largest absolute Gasteiger partial charge is 0.481 e. The minimum Gasteiger partial charge on any atom is -0.481 e. The number of nitrogens with one attached hydrogen (secondary N) is 1. The Bertz CT molecular complexity index is 295. The summed E-state index contributed by atoms with van der Waals surface area (Å²) < 4.78 is 4.85. The van der Waals surface area contributed by atoms with E-state index in [1.54, 1.807) is 12.1 Å². The second-order valence-corrected chi connectivity index (χ2v) is 2.46. The second-order valence-electron chi connectivity index (χ2n) is 2.46. The van der Waals surface area contributed by atoms with Gasteiger partial charge in [0.2, 0.25) is 5.88 Å². The Morgan fingerprint density at radius 1 is 1.62 bits per heavy atom. The van der Waals surface area contributed by atoms with E-state index in [0.29, 0.717) is 11.4 Å². The van der Waals surface area contributed by atoms with Crippen molar-refractivity contribution in [2.45, 2.75) is 0 Å². The van der Waals surface area contributed by atoms with Crippen molar-refractivity contribution < 1.29 is 9.94 Å². The monoisotopic (exact) mass is 181 g/mol. The van der Waals surface area contributed by atoms with Crippen LogP contribution in [0, 0.1) is 5.41 Å². The number of nitrogens with zero attached hydrogens (tertiary/aromatic N) is 2. The molecule has 0 atom stereocenters. The third kappa shape index (κ3) is 2.16. The number of ether oxygens (including phenoxy) is 1. The molecule has 0 aliphatic carbocycles. The van der Waals surface area contributed by atoms with E-state index < -0.39 is 0 Å². The molecule has 0 saturated heterocycles. The Morgan fingerprint density at radius 2 is 2.31 bits per heavy atom. The van der Waals surface area contributed by atoms with Crippen molar-refractivity contribution in [2.75, 3.05) is 14.2 Å². The van der Waals surface area contributed by atoms with Crippen LogP contribution in [0.3, 0.4) is 0 Å². The number of methoxy groups -OCH3 is 1. The van der Waals surface area contributed by atoms with Gasteiger partial charge in [0.05, 0.1) is 7.11 Å². The number of hydrogen-bond acceptors (Lipinski definition) is 4. The molecule has 0 saturated carbocycles. The van der Waals surface area contributed by atoms with Gasteiger partial charge in [-0.15, -0.1) is 0 Å². The predicted molar refractivity (Wildman–Crippen MR) is 47.2 cm³/mol.